The minimum atomic E-state index is 1.01. The Morgan fingerprint density at radius 2 is 0.922 bits per heavy atom. The second kappa shape index (κ2) is 13.7. The molecule has 0 aliphatic rings. The number of pyridine rings is 2. The van der Waals surface area contributed by atoms with Gasteiger partial charge in [-0.25, -0.2) is 4.98 Å². The molecule has 0 bridgehead atoms. The lowest BCUT2D eigenvalue weighted by Crippen LogP contribution is -1.93. The van der Waals surface area contributed by atoms with Crippen LogP contribution in [0.25, 0.3) is 135 Å². The van der Waals surface area contributed by atoms with E-state index in [-0.39, 0.29) is 0 Å². The zero-order valence-electron chi connectivity index (χ0n) is 34.5. The first-order chi connectivity index (χ1) is 31.7. The molecule has 0 aliphatic carbocycles. The Kier molecular flexibility index (Phi) is 7.56. The summed E-state index contributed by atoms with van der Waals surface area (Å²) in [4.78, 5) is 10.2. The van der Waals surface area contributed by atoms with E-state index in [1.807, 2.05) is 23.6 Å². The molecule has 4 heteroatoms. The molecule has 0 N–H and O–H groups in total. The minimum Gasteiger partial charge on any atom is -0.291 e. The summed E-state index contributed by atoms with van der Waals surface area (Å²) < 4.78 is 4.89. The van der Waals surface area contributed by atoms with Gasteiger partial charge in [0.1, 0.15) is 0 Å². The molecular formula is C60H35N3S. The molecule has 10 aromatic carbocycles. The van der Waals surface area contributed by atoms with Gasteiger partial charge in [0.15, 0.2) is 5.65 Å². The van der Waals surface area contributed by atoms with Gasteiger partial charge in [0, 0.05) is 37.8 Å². The molecule has 3 nitrogen and oxygen atoms in total. The zero-order valence-corrected chi connectivity index (χ0v) is 35.3. The van der Waals surface area contributed by atoms with Gasteiger partial charge in [-0.2, -0.15) is 0 Å². The second-order valence-electron chi connectivity index (χ2n) is 16.9. The molecule has 0 radical (unpaired) electrons. The van der Waals surface area contributed by atoms with E-state index in [0.29, 0.717) is 0 Å². The number of thiophene rings is 1. The van der Waals surface area contributed by atoms with Crippen LogP contribution in [0.4, 0.5) is 0 Å². The predicted molar refractivity (Wildman–Crippen MR) is 273 cm³/mol. The van der Waals surface area contributed by atoms with Crippen LogP contribution in [-0.2, 0) is 0 Å². The molecule has 14 rings (SSSR count). The van der Waals surface area contributed by atoms with Crippen molar-refractivity contribution in [3.63, 3.8) is 0 Å². The smallest absolute Gasteiger partial charge is 0.156 e. The SMILES string of the molecule is c1ccc2c(c1)ccc1c2ccc2c1nc1c3sc4ccccc4c3cc(-c3ccc(-c4ccc(-c5ccc(-c6cc7cccnc7c7ccccc67)cc5)c5ccccc45)cc3)n21. The van der Waals surface area contributed by atoms with Gasteiger partial charge in [0.2, 0.25) is 0 Å². The Balaban J connectivity index is 0.883. The summed E-state index contributed by atoms with van der Waals surface area (Å²) >= 11 is 1.83. The largest absolute Gasteiger partial charge is 0.291 e. The summed E-state index contributed by atoms with van der Waals surface area (Å²) in [5, 5.41) is 13.4. The fourth-order valence-electron chi connectivity index (χ4n) is 10.4. The molecule has 4 heterocycles. The fraction of sp³-hybridized carbons (Fsp3) is 0. The summed E-state index contributed by atoms with van der Waals surface area (Å²) in [6.45, 7) is 0. The van der Waals surface area contributed by atoms with Crippen LogP contribution in [0.1, 0.15) is 0 Å². The Morgan fingerprint density at radius 1 is 0.359 bits per heavy atom. The molecule has 0 fully saturated rings. The molecule has 64 heavy (non-hydrogen) atoms. The maximum Gasteiger partial charge on any atom is 0.156 e. The summed E-state index contributed by atoms with van der Waals surface area (Å²) in [6, 6.07) is 75.5. The standard InChI is InChI=1S/C60H35N3S/c1-2-12-42-36(10-1)27-28-51-48(42)31-32-54-58(51)62-60-59-53(49-16-7-8-18-56(49)64-59)35-55(63(54)60)40-25-23-38(24-26-40)44-30-29-43(45-13-3-4-14-46(44)45)37-19-21-39(22-20-37)52-34-41-11-9-33-61-57(41)50-17-6-5-15-47(50)52/h1-35H. The molecule has 14 aromatic rings. The van der Waals surface area contributed by atoms with Gasteiger partial charge in [-0.05, 0) is 102 Å². The first-order valence-corrected chi connectivity index (χ1v) is 22.6. The number of imidazole rings is 1. The highest BCUT2D eigenvalue weighted by Gasteiger charge is 2.20. The quantitative estimate of drug-likeness (QED) is 0.165. The molecule has 0 amide bonds. The molecule has 296 valence electrons. The molecule has 0 saturated carbocycles. The van der Waals surface area contributed by atoms with Crippen molar-refractivity contribution in [2.24, 2.45) is 0 Å². The highest BCUT2D eigenvalue weighted by Crippen LogP contribution is 2.43. The molecule has 0 unspecified atom stereocenters. The van der Waals surface area contributed by atoms with Crippen LogP contribution in [0.5, 0.6) is 0 Å². The van der Waals surface area contributed by atoms with Crippen LogP contribution in [0.2, 0.25) is 0 Å². The Hall–Kier alpha value is -8.18. The van der Waals surface area contributed by atoms with E-state index in [2.05, 4.69) is 205 Å². The molecule has 0 atom stereocenters. The minimum absolute atomic E-state index is 1.01. The first kappa shape index (κ1) is 35.4. The summed E-state index contributed by atoms with van der Waals surface area (Å²) in [5.41, 5.74) is 13.7. The van der Waals surface area contributed by atoms with Crippen LogP contribution < -0.4 is 0 Å². The van der Waals surface area contributed by atoms with Crippen LogP contribution in [0.15, 0.2) is 212 Å². The van der Waals surface area contributed by atoms with E-state index >= 15 is 0 Å². The van der Waals surface area contributed by atoms with Crippen LogP contribution in [0.3, 0.4) is 0 Å². The van der Waals surface area contributed by atoms with Gasteiger partial charge < -0.3 is 0 Å². The third-order valence-electron chi connectivity index (χ3n) is 13.4. The van der Waals surface area contributed by atoms with Crippen molar-refractivity contribution in [2.45, 2.75) is 0 Å². The molecule has 4 aromatic heterocycles. The van der Waals surface area contributed by atoms with Crippen molar-refractivity contribution in [2.75, 3.05) is 0 Å². The highest BCUT2D eigenvalue weighted by molar-refractivity contribution is 7.26. The number of nitrogens with zero attached hydrogens (tertiary/aromatic N) is 3. The van der Waals surface area contributed by atoms with Gasteiger partial charge in [0.05, 0.1) is 26.9 Å². The molecular weight excluding hydrogens is 795 g/mol. The van der Waals surface area contributed by atoms with E-state index in [4.69, 9.17) is 9.97 Å². The monoisotopic (exact) mass is 829 g/mol. The third kappa shape index (κ3) is 5.21. The Bertz CT molecular complexity index is 4230. The number of rotatable bonds is 4. The summed E-state index contributed by atoms with van der Waals surface area (Å²) in [6.07, 6.45) is 1.88. The summed E-state index contributed by atoms with van der Waals surface area (Å²) in [7, 11) is 0. The fourth-order valence-corrected chi connectivity index (χ4v) is 11.6. The number of aromatic nitrogens is 3. The van der Waals surface area contributed by atoms with Gasteiger partial charge in [-0.3, -0.25) is 9.38 Å². The topological polar surface area (TPSA) is 30.2 Å². The molecule has 0 aliphatic heterocycles. The molecule has 0 saturated heterocycles. The maximum atomic E-state index is 5.51. The second-order valence-corrected chi connectivity index (χ2v) is 17.9. The van der Waals surface area contributed by atoms with Crippen molar-refractivity contribution in [1.82, 2.24) is 14.4 Å². The average molecular weight is 830 g/mol. The van der Waals surface area contributed by atoms with Crippen LogP contribution >= 0.6 is 11.3 Å². The zero-order chi connectivity index (χ0) is 41.9. The van der Waals surface area contributed by atoms with Gasteiger partial charge in [0.25, 0.3) is 0 Å². The predicted octanol–water partition coefficient (Wildman–Crippen LogP) is 16.7. The number of fused-ring (bicyclic) bond motifs is 15. The van der Waals surface area contributed by atoms with Gasteiger partial charge >= 0.3 is 0 Å². The van der Waals surface area contributed by atoms with Crippen LogP contribution in [-0.4, -0.2) is 14.4 Å². The van der Waals surface area contributed by atoms with Crippen molar-refractivity contribution >= 4 is 102 Å². The van der Waals surface area contributed by atoms with E-state index in [1.165, 1.54) is 96.6 Å². The van der Waals surface area contributed by atoms with Crippen molar-refractivity contribution < 1.29 is 0 Å². The number of benzene rings is 10. The average Bonchev–Trinajstić information content (AvgIpc) is 3.95. The summed E-state index contributed by atoms with van der Waals surface area (Å²) in [5.74, 6) is 0. The van der Waals surface area contributed by atoms with Crippen LogP contribution in [0, 0.1) is 0 Å². The lowest BCUT2D eigenvalue weighted by atomic mass is 9.90. The van der Waals surface area contributed by atoms with Crippen molar-refractivity contribution in [3.8, 4) is 44.6 Å². The van der Waals surface area contributed by atoms with E-state index in [0.717, 1.165) is 38.8 Å². The van der Waals surface area contributed by atoms with Gasteiger partial charge in [-0.15, -0.1) is 11.3 Å². The van der Waals surface area contributed by atoms with E-state index < -0.39 is 0 Å². The maximum absolute atomic E-state index is 5.51. The highest BCUT2D eigenvalue weighted by atomic mass is 32.1. The lowest BCUT2D eigenvalue weighted by Gasteiger charge is -2.14. The van der Waals surface area contributed by atoms with E-state index in [9.17, 15) is 0 Å². The Morgan fingerprint density at radius 3 is 1.66 bits per heavy atom. The number of hydrogen-bond acceptors (Lipinski definition) is 3. The number of hydrogen-bond donors (Lipinski definition) is 0. The van der Waals surface area contributed by atoms with Gasteiger partial charge in [-0.1, -0.05) is 176 Å². The van der Waals surface area contributed by atoms with E-state index in [1.54, 1.807) is 0 Å². The lowest BCUT2D eigenvalue weighted by molar-refractivity contribution is 1.25. The Labute approximate surface area is 371 Å². The van der Waals surface area contributed by atoms with Crippen molar-refractivity contribution in [1.29, 1.82) is 0 Å². The first-order valence-electron chi connectivity index (χ1n) is 21.8. The normalized spacial score (nSPS) is 12.1. The third-order valence-corrected chi connectivity index (χ3v) is 14.6. The van der Waals surface area contributed by atoms with Crippen molar-refractivity contribution in [3.05, 3.63) is 212 Å². The molecule has 0 spiro atoms.